The fourth-order valence-corrected chi connectivity index (χ4v) is 11.4. The third-order valence-electron chi connectivity index (χ3n) is 13.4. The molecule has 0 aromatic heterocycles. The summed E-state index contributed by atoms with van der Waals surface area (Å²) in [5, 5.41) is 13.6. The normalized spacial score (nSPS) is 12.2. The molecule has 1 aliphatic rings. The average Bonchev–Trinajstić information content (AvgIpc) is 3.32. The van der Waals surface area contributed by atoms with Gasteiger partial charge in [-0.15, -0.1) is 0 Å². The molecule has 0 amide bonds. The van der Waals surface area contributed by atoms with Crippen molar-refractivity contribution in [3.05, 3.63) is 211 Å². The lowest BCUT2D eigenvalue weighted by molar-refractivity contribution is 0.487. The van der Waals surface area contributed by atoms with Gasteiger partial charge in [0, 0.05) is 50.5 Å². The van der Waals surface area contributed by atoms with Crippen molar-refractivity contribution in [2.24, 2.45) is 0 Å². The highest BCUT2D eigenvalue weighted by Crippen LogP contribution is 2.53. The molecule has 0 fully saturated rings. The van der Waals surface area contributed by atoms with Gasteiger partial charge in [-0.1, -0.05) is 152 Å². The maximum Gasteiger partial charge on any atom is 0.137 e. The zero-order valence-corrected chi connectivity index (χ0v) is 38.4. The van der Waals surface area contributed by atoms with Gasteiger partial charge in [0.2, 0.25) is 0 Å². The van der Waals surface area contributed by atoms with Crippen LogP contribution in [0.1, 0.15) is 11.1 Å². The highest BCUT2D eigenvalue weighted by atomic mass is 28.3. The molecular formula is C61H48N2OSi. The van der Waals surface area contributed by atoms with Gasteiger partial charge >= 0.3 is 0 Å². The first kappa shape index (κ1) is 39.0. The van der Waals surface area contributed by atoms with Gasteiger partial charge in [0.15, 0.2) is 0 Å². The lowest BCUT2D eigenvalue weighted by Gasteiger charge is -2.30. The molecule has 0 unspecified atom stereocenters. The standard InChI is InChI=1S/C61H48N2OSi/c1-39-24-30-50-52(32-39)53-37-56-51-31-27-45(62(42-17-8-6-9-18-42)44-25-28-46(29-26-44)65(3,4)5)36-59(51)64-60-34-40(2)33-55(61(56)60)54(53)38-58(50)63(43-19-10-7-11-20-43)57-35-41-16-12-13-21-47(41)48-22-14-15-23-49(48)57/h6-38H,1-5H3. The van der Waals surface area contributed by atoms with E-state index in [9.17, 15) is 0 Å². The zero-order chi connectivity index (χ0) is 44.0. The van der Waals surface area contributed by atoms with Crippen molar-refractivity contribution < 1.29 is 4.74 Å². The van der Waals surface area contributed by atoms with Crippen molar-refractivity contribution >= 4 is 101 Å². The van der Waals surface area contributed by atoms with Crippen LogP contribution in [0.3, 0.4) is 0 Å². The number of anilines is 6. The van der Waals surface area contributed by atoms with E-state index in [1.54, 1.807) is 0 Å². The second kappa shape index (κ2) is 15.0. The Hall–Kier alpha value is -7.66. The Morgan fingerprint density at radius 1 is 0.354 bits per heavy atom. The van der Waals surface area contributed by atoms with Crippen LogP contribution in [0, 0.1) is 13.8 Å². The van der Waals surface area contributed by atoms with Crippen LogP contribution < -0.4 is 19.7 Å². The molecule has 312 valence electrons. The van der Waals surface area contributed by atoms with Crippen LogP contribution in [0.25, 0.3) is 65.0 Å². The summed E-state index contributed by atoms with van der Waals surface area (Å²) in [7, 11) is -1.47. The maximum absolute atomic E-state index is 7.09. The number of ether oxygens (including phenoxy) is 1. The second-order valence-electron chi connectivity index (χ2n) is 18.7. The third kappa shape index (κ3) is 6.47. The Balaban J connectivity index is 1.10. The smallest absolute Gasteiger partial charge is 0.137 e. The van der Waals surface area contributed by atoms with Crippen LogP contribution in [-0.2, 0) is 0 Å². The Bertz CT molecular complexity index is 3690. The number of fused-ring (bicyclic) bond motifs is 9. The molecule has 0 saturated heterocycles. The Labute approximate surface area is 381 Å². The molecule has 11 aromatic carbocycles. The minimum atomic E-state index is -1.47. The van der Waals surface area contributed by atoms with Crippen molar-refractivity contribution in [1.29, 1.82) is 0 Å². The summed E-state index contributed by atoms with van der Waals surface area (Å²) < 4.78 is 7.09. The predicted octanol–water partition coefficient (Wildman–Crippen LogP) is 17.3. The van der Waals surface area contributed by atoms with E-state index in [4.69, 9.17) is 4.74 Å². The molecule has 65 heavy (non-hydrogen) atoms. The van der Waals surface area contributed by atoms with Gasteiger partial charge in [0.25, 0.3) is 0 Å². The van der Waals surface area contributed by atoms with Gasteiger partial charge in [-0.2, -0.15) is 0 Å². The van der Waals surface area contributed by atoms with E-state index in [-0.39, 0.29) is 0 Å². The first-order valence-electron chi connectivity index (χ1n) is 22.7. The van der Waals surface area contributed by atoms with Crippen molar-refractivity contribution in [1.82, 2.24) is 0 Å². The lowest BCUT2D eigenvalue weighted by Crippen LogP contribution is -2.37. The zero-order valence-electron chi connectivity index (χ0n) is 37.4. The van der Waals surface area contributed by atoms with Crippen molar-refractivity contribution in [3.63, 3.8) is 0 Å². The second-order valence-corrected chi connectivity index (χ2v) is 23.8. The van der Waals surface area contributed by atoms with E-state index in [0.29, 0.717) is 0 Å². The fourth-order valence-electron chi connectivity index (χ4n) is 10.3. The largest absolute Gasteiger partial charge is 0.456 e. The van der Waals surface area contributed by atoms with Crippen LogP contribution in [0.15, 0.2) is 200 Å². The summed E-state index contributed by atoms with van der Waals surface area (Å²) in [4.78, 5) is 4.83. The van der Waals surface area contributed by atoms with Crippen LogP contribution >= 0.6 is 0 Å². The van der Waals surface area contributed by atoms with Gasteiger partial charge in [-0.05, 0) is 135 Å². The fraction of sp³-hybridized carbons (Fsp3) is 0.0820. The van der Waals surface area contributed by atoms with E-state index >= 15 is 0 Å². The number of aryl methyl sites for hydroxylation is 2. The predicted molar refractivity (Wildman–Crippen MR) is 281 cm³/mol. The molecule has 0 bridgehead atoms. The average molecular weight is 853 g/mol. The Morgan fingerprint density at radius 2 is 0.923 bits per heavy atom. The highest BCUT2D eigenvalue weighted by Gasteiger charge is 2.27. The molecule has 3 nitrogen and oxygen atoms in total. The van der Waals surface area contributed by atoms with E-state index in [0.717, 1.165) is 62.1 Å². The minimum Gasteiger partial charge on any atom is -0.456 e. The summed E-state index contributed by atoms with van der Waals surface area (Å²) in [5.74, 6) is 1.75. The molecule has 4 heteroatoms. The SMILES string of the molecule is Cc1ccc2c(N(c3ccccc3)c3cc4ccccc4c4ccccc34)cc3c4cc(C)cc5c4c(cc3c2c1)-c1ccc(N(c2ccccc2)c2ccc([Si](C)(C)C)cc2)cc1O5. The first-order valence-corrected chi connectivity index (χ1v) is 26.2. The molecule has 0 saturated carbocycles. The molecule has 11 aromatic rings. The van der Waals surface area contributed by atoms with Crippen molar-refractivity contribution in [2.75, 3.05) is 9.80 Å². The van der Waals surface area contributed by atoms with Crippen LogP contribution in [0.2, 0.25) is 19.6 Å². The summed E-state index contributed by atoms with van der Waals surface area (Å²) >= 11 is 0. The number of benzene rings is 11. The van der Waals surface area contributed by atoms with Crippen LogP contribution in [0.4, 0.5) is 34.1 Å². The van der Waals surface area contributed by atoms with E-state index in [2.05, 4.69) is 243 Å². The van der Waals surface area contributed by atoms with Crippen LogP contribution in [0.5, 0.6) is 11.5 Å². The quantitative estimate of drug-likeness (QED) is 0.117. The molecule has 0 N–H and O–H groups in total. The summed E-state index contributed by atoms with van der Waals surface area (Å²) in [6, 6.07) is 73.8. The van der Waals surface area contributed by atoms with Crippen molar-refractivity contribution in [2.45, 2.75) is 33.5 Å². The van der Waals surface area contributed by atoms with Crippen molar-refractivity contribution in [3.8, 4) is 22.6 Å². The molecule has 1 aliphatic heterocycles. The molecule has 12 rings (SSSR count). The molecular weight excluding hydrogens is 805 g/mol. The summed E-state index contributed by atoms with van der Waals surface area (Å²) in [5.41, 5.74) is 11.3. The van der Waals surface area contributed by atoms with Gasteiger partial charge in [0.05, 0.1) is 19.4 Å². The Kier molecular flexibility index (Phi) is 8.98. The van der Waals surface area contributed by atoms with E-state index in [1.807, 2.05) is 0 Å². The molecule has 0 spiro atoms. The highest BCUT2D eigenvalue weighted by molar-refractivity contribution is 6.88. The van der Waals surface area contributed by atoms with Gasteiger partial charge in [0.1, 0.15) is 11.5 Å². The third-order valence-corrected chi connectivity index (χ3v) is 15.5. The summed E-state index contributed by atoms with van der Waals surface area (Å²) in [6.07, 6.45) is 0. The van der Waals surface area contributed by atoms with Gasteiger partial charge in [-0.3, -0.25) is 0 Å². The number of para-hydroxylation sites is 2. The number of hydrogen-bond acceptors (Lipinski definition) is 3. The van der Waals surface area contributed by atoms with Crippen LogP contribution in [-0.4, -0.2) is 8.07 Å². The minimum absolute atomic E-state index is 0.858. The van der Waals surface area contributed by atoms with E-state index < -0.39 is 8.07 Å². The summed E-state index contributed by atoms with van der Waals surface area (Å²) in [6.45, 7) is 11.6. The number of rotatable bonds is 7. The van der Waals surface area contributed by atoms with E-state index in [1.165, 1.54) is 64.8 Å². The number of nitrogens with zero attached hydrogens (tertiary/aromatic N) is 2. The Morgan fingerprint density at radius 3 is 1.66 bits per heavy atom. The molecule has 0 aliphatic carbocycles. The first-order chi connectivity index (χ1) is 31.7. The molecule has 0 radical (unpaired) electrons. The van der Waals surface area contributed by atoms with Gasteiger partial charge < -0.3 is 14.5 Å². The molecule has 0 atom stereocenters. The molecule has 1 heterocycles. The lowest BCUT2D eigenvalue weighted by atomic mass is 9.87. The maximum atomic E-state index is 7.09. The topological polar surface area (TPSA) is 15.7 Å². The number of hydrogen-bond donors (Lipinski definition) is 0. The van der Waals surface area contributed by atoms with Gasteiger partial charge in [-0.25, -0.2) is 0 Å². The monoisotopic (exact) mass is 852 g/mol.